The summed E-state index contributed by atoms with van der Waals surface area (Å²) in [6, 6.07) is 75.8. The Kier molecular flexibility index (Phi) is 8.02. The highest BCUT2D eigenvalue weighted by Gasteiger charge is 2.20. The van der Waals surface area contributed by atoms with E-state index in [1.807, 2.05) is 0 Å². The number of fused-ring (bicyclic) bond motifs is 10. The van der Waals surface area contributed by atoms with Gasteiger partial charge in [-0.3, -0.25) is 0 Å². The summed E-state index contributed by atoms with van der Waals surface area (Å²) >= 11 is 0. The van der Waals surface area contributed by atoms with Crippen molar-refractivity contribution < 1.29 is 0 Å². The van der Waals surface area contributed by atoms with Crippen LogP contribution in [0.3, 0.4) is 0 Å². The Labute approximate surface area is 349 Å². The highest BCUT2D eigenvalue weighted by Crippen LogP contribution is 2.42. The number of aromatic nitrogens is 1. The van der Waals surface area contributed by atoms with Crippen LogP contribution in [-0.4, -0.2) is 4.57 Å². The van der Waals surface area contributed by atoms with Crippen molar-refractivity contribution >= 4 is 77.1 Å². The maximum absolute atomic E-state index is 2.51. The van der Waals surface area contributed by atoms with E-state index in [9.17, 15) is 0 Å². The number of anilines is 3. The molecule has 0 saturated heterocycles. The van der Waals surface area contributed by atoms with Gasteiger partial charge in [0, 0.05) is 39.4 Å². The number of allylic oxidation sites excluding steroid dienone is 1. The van der Waals surface area contributed by atoms with Crippen molar-refractivity contribution in [1.82, 2.24) is 4.57 Å². The van der Waals surface area contributed by atoms with Gasteiger partial charge >= 0.3 is 0 Å². The molecule has 60 heavy (non-hydrogen) atoms. The van der Waals surface area contributed by atoms with Gasteiger partial charge in [-0.1, -0.05) is 158 Å². The van der Waals surface area contributed by atoms with Gasteiger partial charge in [-0.25, -0.2) is 0 Å². The van der Waals surface area contributed by atoms with Crippen LogP contribution in [0.5, 0.6) is 0 Å². The standard InChI is InChI=1S/C58H40N2/c1-2-13-39(14-3-1)40-25-29-45(30-26-40)59(48-33-34-53-51-21-7-6-19-49(51)50-20-8-9-22-52(50)55(53)38-48)46-31-27-41(28-32-46)42-17-12-18-47(35-42)60-57-24-11-10-23-54(57)56-36-43-15-4-5-16-44(43)37-58(56)60/h1-10,12-23,25-38H,11,24H2. The van der Waals surface area contributed by atoms with Crippen LogP contribution in [-0.2, 0) is 6.42 Å². The molecule has 11 aromatic rings. The first-order chi connectivity index (χ1) is 29.7. The first-order valence-electron chi connectivity index (χ1n) is 21.0. The molecule has 1 heterocycles. The average molecular weight is 765 g/mol. The number of rotatable bonds is 6. The molecule has 2 heteroatoms. The number of hydrogen-bond acceptors (Lipinski definition) is 1. The van der Waals surface area contributed by atoms with Crippen LogP contribution in [0.1, 0.15) is 17.7 Å². The van der Waals surface area contributed by atoms with Crippen molar-refractivity contribution in [2.24, 2.45) is 0 Å². The van der Waals surface area contributed by atoms with Crippen LogP contribution >= 0.6 is 0 Å². The SMILES string of the molecule is C1=Cc2c(n(-c3cccc(-c4ccc(N(c5ccc(-c6ccccc6)cc5)c5ccc6c7ccccc7c7ccccc7c6c5)cc4)c3)c3cc4ccccc4cc23)CC1. The van der Waals surface area contributed by atoms with Crippen molar-refractivity contribution in [3.63, 3.8) is 0 Å². The van der Waals surface area contributed by atoms with E-state index in [1.54, 1.807) is 0 Å². The second-order valence-electron chi connectivity index (χ2n) is 16.0. The van der Waals surface area contributed by atoms with E-state index < -0.39 is 0 Å². The fourth-order valence-corrected chi connectivity index (χ4v) is 9.74. The largest absolute Gasteiger partial charge is 0.313 e. The number of benzene rings is 10. The summed E-state index contributed by atoms with van der Waals surface area (Å²) in [5.41, 5.74) is 13.3. The van der Waals surface area contributed by atoms with Crippen LogP contribution in [0.15, 0.2) is 212 Å². The summed E-state index contributed by atoms with van der Waals surface area (Å²) in [5, 5.41) is 11.5. The van der Waals surface area contributed by atoms with Crippen LogP contribution in [0.4, 0.5) is 17.1 Å². The predicted molar refractivity (Wildman–Crippen MR) is 256 cm³/mol. The Balaban J connectivity index is 0.977. The fraction of sp³-hybridized carbons (Fsp3) is 0.0345. The van der Waals surface area contributed by atoms with Crippen LogP contribution < -0.4 is 4.90 Å². The van der Waals surface area contributed by atoms with Crippen LogP contribution in [0, 0.1) is 0 Å². The quantitative estimate of drug-likeness (QED) is 0.153. The Morgan fingerprint density at radius 3 is 1.58 bits per heavy atom. The van der Waals surface area contributed by atoms with E-state index in [1.165, 1.54) is 93.2 Å². The second-order valence-corrected chi connectivity index (χ2v) is 16.0. The number of hydrogen-bond donors (Lipinski definition) is 0. The van der Waals surface area contributed by atoms with Gasteiger partial charge in [-0.15, -0.1) is 0 Å². The third kappa shape index (κ3) is 5.64. The third-order valence-corrected chi connectivity index (χ3v) is 12.6. The summed E-state index contributed by atoms with van der Waals surface area (Å²) in [5.74, 6) is 0. The minimum absolute atomic E-state index is 1.03. The molecule has 12 rings (SSSR count). The van der Waals surface area contributed by atoms with Crippen molar-refractivity contribution in [2.75, 3.05) is 4.90 Å². The predicted octanol–water partition coefficient (Wildman–Crippen LogP) is 16.0. The molecule has 0 aliphatic heterocycles. The zero-order chi connectivity index (χ0) is 39.6. The summed E-state index contributed by atoms with van der Waals surface area (Å²) < 4.78 is 2.51. The van der Waals surface area contributed by atoms with Crippen molar-refractivity contribution in [1.29, 1.82) is 0 Å². The molecule has 0 radical (unpaired) electrons. The molecule has 2 nitrogen and oxygen atoms in total. The van der Waals surface area contributed by atoms with Gasteiger partial charge in [0.05, 0.1) is 5.52 Å². The molecule has 0 N–H and O–H groups in total. The molecule has 0 unspecified atom stereocenters. The van der Waals surface area contributed by atoms with Gasteiger partial charge in [0.1, 0.15) is 0 Å². The monoisotopic (exact) mass is 764 g/mol. The first-order valence-corrected chi connectivity index (χ1v) is 21.0. The van der Waals surface area contributed by atoms with Crippen molar-refractivity contribution in [3.05, 3.63) is 224 Å². The molecule has 0 amide bonds. The summed E-state index contributed by atoms with van der Waals surface area (Å²) in [6.07, 6.45) is 6.73. The van der Waals surface area contributed by atoms with Gasteiger partial charge in [-0.2, -0.15) is 0 Å². The molecule has 0 fully saturated rings. The van der Waals surface area contributed by atoms with Gasteiger partial charge in [-0.05, 0) is 139 Å². The highest BCUT2D eigenvalue weighted by atomic mass is 15.1. The third-order valence-electron chi connectivity index (χ3n) is 12.6. The molecule has 10 aromatic carbocycles. The molecule has 0 bridgehead atoms. The fourth-order valence-electron chi connectivity index (χ4n) is 9.74. The lowest BCUT2D eigenvalue weighted by Crippen LogP contribution is -2.10. The molecule has 0 atom stereocenters. The zero-order valence-electron chi connectivity index (χ0n) is 33.1. The number of nitrogens with zero attached hydrogens (tertiary/aromatic N) is 2. The lowest BCUT2D eigenvalue weighted by molar-refractivity contribution is 0.889. The molecule has 282 valence electrons. The highest BCUT2D eigenvalue weighted by molar-refractivity contribution is 6.25. The second kappa shape index (κ2) is 14.0. The van der Waals surface area contributed by atoms with Gasteiger partial charge in [0.25, 0.3) is 0 Å². The molecule has 1 aliphatic rings. The van der Waals surface area contributed by atoms with E-state index in [-0.39, 0.29) is 0 Å². The minimum Gasteiger partial charge on any atom is -0.313 e. The van der Waals surface area contributed by atoms with Crippen molar-refractivity contribution in [3.8, 4) is 27.9 Å². The first kappa shape index (κ1) is 34.4. The van der Waals surface area contributed by atoms with Crippen LogP contribution in [0.2, 0.25) is 0 Å². The van der Waals surface area contributed by atoms with Crippen LogP contribution in [0.25, 0.3) is 88.0 Å². The Morgan fingerprint density at radius 1 is 0.367 bits per heavy atom. The minimum atomic E-state index is 1.03. The summed E-state index contributed by atoms with van der Waals surface area (Å²) in [4.78, 5) is 2.40. The zero-order valence-corrected chi connectivity index (χ0v) is 33.1. The lowest BCUT2D eigenvalue weighted by Gasteiger charge is -2.27. The maximum Gasteiger partial charge on any atom is 0.0544 e. The maximum atomic E-state index is 2.51. The van der Waals surface area contributed by atoms with E-state index >= 15 is 0 Å². The average Bonchev–Trinajstić information content (AvgIpc) is 3.64. The van der Waals surface area contributed by atoms with Crippen molar-refractivity contribution in [2.45, 2.75) is 12.8 Å². The molecular weight excluding hydrogens is 725 g/mol. The van der Waals surface area contributed by atoms with Gasteiger partial charge in [0.2, 0.25) is 0 Å². The smallest absolute Gasteiger partial charge is 0.0544 e. The normalized spacial score (nSPS) is 12.5. The Bertz CT molecular complexity index is 3430. The molecular formula is C58H40N2. The van der Waals surface area contributed by atoms with E-state index in [4.69, 9.17) is 0 Å². The van der Waals surface area contributed by atoms with E-state index in [0.717, 1.165) is 29.9 Å². The van der Waals surface area contributed by atoms with E-state index in [2.05, 4.69) is 228 Å². The van der Waals surface area contributed by atoms with Gasteiger partial charge < -0.3 is 9.47 Å². The summed E-state index contributed by atoms with van der Waals surface area (Å²) in [7, 11) is 0. The topological polar surface area (TPSA) is 8.17 Å². The summed E-state index contributed by atoms with van der Waals surface area (Å²) in [6.45, 7) is 0. The molecule has 1 aliphatic carbocycles. The Morgan fingerprint density at radius 2 is 0.900 bits per heavy atom. The molecule has 1 aromatic heterocycles. The molecule has 0 saturated carbocycles. The van der Waals surface area contributed by atoms with Gasteiger partial charge in [0.15, 0.2) is 0 Å². The lowest BCUT2D eigenvalue weighted by atomic mass is 9.94. The van der Waals surface area contributed by atoms with E-state index in [0.29, 0.717) is 0 Å². The Hall–Kier alpha value is -7.68. The molecule has 0 spiro atoms.